The minimum atomic E-state index is -0.606. The fraction of sp³-hybridized carbons (Fsp3) is 0.333. The Bertz CT molecular complexity index is 455. The predicted octanol–water partition coefficient (Wildman–Crippen LogP) is 0.910. The first-order chi connectivity index (χ1) is 8.33. The second-order valence-corrected chi connectivity index (χ2v) is 3.73. The lowest BCUT2D eigenvalue weighted by atomic mass is 10.2. The van der Waals surface area contributed by atoms with E-state index in [0.29, 0.717) is 12.2 Å². The molecule has 5 heteroatoms. The molecule has 90 valence electrons. The Morgan fingerprint density at radius 1 is 1.35 bits per heavy atom. The normalized spacial score (nSPS) is 12.6. The Morgan fingerprint density at radius 2 is 2.12 bits per heavy atom. The largest absolute Gasteiger partial charge is 0.385 e. The van der Waals surface area contributed by atoms with Crippen molar-refractivity contribution in [3.8, 4) is 5.69 Å². The Hall–Kier alpha value is -1.72. The van der Waals surface area contributed by atoms with Crippen LogP contribution in [0, 0.1) is 0 Å². The van der Waals surface area contributed by atoms with E-state index in [2.05, 4.69) is 15.6 Å². The number of para-hydroxylation sites is 1. The summed E-state index contributed by atoms with van der Waals surface area (Å²) in [5.74, 6) is 0. The molecule has 1 atom stereocenters. The molecule has 1 aromatic heterocycles. The van der Waals surface area contributed by atoms with Gasteiger partial charge in [0.05, 0.1) is 17.6 Å². The van der Waals surface area contributed by atoms with Crippen molar-refractivity contribution < 1.29 is 5.11 Å². The van der Waals surface area contributed by atoms with Crippen LogP contribution in [-0.2, 0) is 0 Å². The van der Waals surface area contributed by atoms with Crippen LogP contribution < -0.4 is 5.32 Å². The number of nitrogens with zero attached hydrogens (tertiary/aromatic N) is 3. The maximum absolute atomic E-state index is 10.0. The van der Waals surface area contributed by atoms with Gasteiger partial charge in [0.1, 0.15) is 6.10 Å². The molecule has 0 spiro atoms. The van der Waals surface area contributed by atoms with Crippen molar-refractivity contribution in [1.29, 1.82) is 0 Å². The minimum Gasteiger partial charge on any atom is -0.385 e. The van der Waals surface area contributed by atoms with E-state index in [0.717, 1.165) is 12.2 Å². The van der Waals surface area contributed by atoms with Crippen LogP contribution >= 0.6 is 0 Å². The van der Waals surface area contributed by atoms with Crippen molar-refractivity contribution in [1.82, 2.24) is 20.3 Å². The van der Waals surface area contributed by atoms with Crippen LogP contribution in [0.4, 0.5) is 0 Å². The van der Waals surface area contributed by atoms with Gasteiger partial charge in [-0.3, -0.25) is 0 Å². The molecule has 0 saturated carbocycles. The molecule has 0 bridgehead atoms. The molecule has 0 radical (unpaired) electrons. The monoisotopic (exact) mass is 232 g/mol. The third-order valence-corrected chi connectivity index (χ3v) is 2.51. The van der Waals surface area contributed by atoms with Crippen LogP contribution in [0.5, 0.6) is 0 Å². The highest BCUT2D eigenvalue weighted by atomic mass is 16.3. The summed E-state index contributed by atoms with van der Waals surface area (Å²) in [6.07, 6.45) is 0.986. The zero-order chi connectivity index (χ0) is 12.1. The number of benzene rings is 1. The number of hydrogen-bond donors (Lipinski definition) is 2. The standard InChI is InChI=1S/C12H16N4O/c1-2-13-9-12(17)11-8-14-15-16(11)10-6-4-3-5-7-10/h3-8,12-13,17H,2,9H2,1H3. The molecule has 0 aliphatic rings. The maximum atomic E-state index is 10.0. The van der Waals surface area contributed by atoms with Gasteiger partial charge >= 0.3 is 0 Å². The van der Waals surface area contributed by atoms with Gasteiger partial charge in [-0.1, -0.05) is 30.3 Å². The summed E-state index contributed by atoms with van der Waals surface area (Å²) in [6, 6.07) is 9.65. The maximum Gasteiger partial charge on any atom is 0.110 e. The van der Waals surface area contributed by atoms with Crippen molar-refractivity contribution in [3.63, 3.8) is 0 Å². The molecule has 1 aromatic carbocycles. The zero-order valence-electron chi connectivity index (χ0n) is 9.74. The molecule has 1 heterocycles. The Balaban J connectivity index is 2.23. The minimum absolute atomic E-state index is 0.497. The van der Waals surface area contributed by atoms with Crippen molar-refractivity contribution >= 4 is 0 Å². The van der Waals surface area contributed by atoms with Crippen LogP contribution in [0.15, 0.2) is 36.5 Å². The number of rotatable bonds is 5. The van der Waals surface area contributed by atoms with E-state index < -0.39 is 6.10 Å². The molecule has 0 saturated heterocycles. The summed E-state index contributed by atoms with van der Waals surface area (Å²) in [5, 5.41) is 21.0. The van der Waals surface area contributed by atoms with E-state index in [1.165, 1.54) is 0 Å². The van der Waals surface area contributed by atoms with E-state index in [4.69, 9.17) is 0 Å². The number of aromatic nitrogens is 3. The van der Waals surface area contributed by atoms with Gasteiger partial charge < -0.3 is 10.4 Å². The fourth-order valence-electron chi connectivity index (χ4n) is 1.63. The number of likely N-dealkylation sites (N-methyl/N-ethyl adjacent to an activating group) is 1. The first-order valence-corrected chi connectivity index (χ1v) is 5.67. The van der Waals surface area contributed by atoms with Crippen LogP contribution in [0.2, 0.25) is 0 Å². The number of aliphatic hydroxyl groups is 1. The third kappa shape index (κ3) is 2.69. The number of nitrogens with one attached hydrogen (secondary N) is 1. The van der Waals surface area contributed by atoms with Crippen LogP contribution in [0.1, 0.15) is 18.7 Å². The summed E-state index contributed by atoms with van der Waals surface area (Å²) < 4.78 is 1.65. The van der Waals surface area contributed by atoms with E-state index in [-0.39, 0.29) is 0 Å². The van der Waals surface area contributed by atoms with E-state index in [1.807, 2.05) is 37.3 Å². The molecular formula is C12H16N4O. The Morgan fingerprint density at radius 3 is 2.82 bits per heavy atom. The molecule has 5 nitrogen and oxygen atoms in total. The fourth-order valence-corrected chi connectivity index (χ4v) is 1.63. The molecule has 0 fully saturated rings. The van der Waals surface area contributed by atoms with Gasteiger partial charge in [0, 0.05) is 6.54 Å². The molecule has 0 aliphatic carbocycles. The lowest BCUT2D eigenvalue weighted by Gasteiger charge is -2.12. The smallest absolute Gasteiger partial charge is 0.110 e. The summed E-state index contributed by atoms with van der Waals surface area (Å²) in [7, 11) is 0. The quantitative estimate of drug-likeness (QED) is 0.804. The Kier molecular flexibility index (Phi) is 3.85. The highest BCUT2D eigenvalue weighted by Crippen LogP contribution is 2.15. The molecule has 0 amide bonds. The summed E-state index contributed by atoms with van der Waals surface area (Å²) in [4.78, 5) is 0. The molecular weight excluding hydrogens is 216 g/mol. The summed E-state index contributed by atoms with van der Waals surface area (Å²) in [6.45, 7) is 3.32. The first-order valence-electron chi connectivity index (χ1n) is 5.67. The molecule has 2 aromatic rings. The lowest BCUT2D eigenvalue weighted by molar-refractivity contribution is 0.168. The van der Waals surface area contributed by atoms with Gasteiger partial charge in [0.25, 0.3) is 0 Å². The second kappa shape index (κ2) is 5.56. The average molecular weight is 232 g/mol. The Labute approximate surface area is 100 Å². The highest BCUT2D eigenvalue weighted by molar-refractivity contribution is 5.31. The lowest BCUT2D eigenvalue weighted by Crippen LogP contribution is -2.22. The van der Waals surface area contributed by atoms with Gasteiger partial charge in [-0.15, -0.1) is 5.10 Å². The van der Waals surface area contributed by atoms with E-state index in [1.54, 1.807) is 10.9 Å². The number of aliphatic hydroxyl groups excluding tert-OH is 1. The van der Waals surface area contributed by atoms with Gasteiger partial charge in [0.15, 0.2) is 0 Å². The third-order valence-electron chi connectivity index (χ3n) is 2.51. The van der Waals surface area contributed by atoms with Crippen LogP contribution in [0.25, 0.3) is 5.69 Å². The predicted molar refractivity (Wildman–Crippen MR) is 64.9 cm³/mol. The average Bonchev–Trinajstić information content (AvgIpc) is 2.86. The van der Waals surface area contributed by atoms with Gasteiger partial charge in [-0.25, -0.2) is 4.68 Å². The second-order valence-electron chi connectivity index (χ2n) is 3.73. The summed E-state index contributed by atoms with van der Waals surface area (Å²) >= 11 is 0. The van der Waals surface area contributed by atoms with Crippen molar-refractivity contribution in [2.75, 3.05) is 13.1 Å². The molecule has 2 rings (SSSR count). The SMILES string of the molecule is CCNCC(O)c1cnnn1-c1ccccc1. The van der Waals surface area contributed by atoms with Crippen LogP contribution in [-0.4, -0.2) is 33.2 Å². The molecule has 2 N–H and O–H groups in total. The highest BCUT2D eigenvalue weighted by Gasteiger charge is 2.14. The van der Waals surface area contributed by atoms with Crippen molar-refractivity contribution in [3.05, 3.63) is 42.2 Å². The first kappa shape index (κ1) is 11.8. The van der Waals surface area contributed by atoms with Gasteiger partial charge in [-0.05, 0) is 18.7 Å². The van der Waals surface area contributed by atoms with Gasteiger partial charge in [0.2, 0.25) is 0 Å². The van der Waals surface area contributed by atoms with Crippen molar-refractivity contribution in [2.24, 2.45) is 0 Å². The molecule has 17 heavy (non-hydrogen) atoms. The van der Waals surface area contributed by atoms with Crippen molar-refractivity contribution in [2.45, 2.75) is 13.0 Å². The summed E-state index contributed by atoms with van der Waals surface area (Å²) in [5.41, 5.74) is 1.59. The zero-order valence-corrected chi connectivity index (χ0v) is 9.74. The molecule has 1 unspecified atom stereocenters. The topological polar surface area (TPSA) is 63.0 Å². The van der Waals surface area contributed by atoms with E-state index in [9.17, 15) is 5.11 Å². The van der Waals surface area contributed by atoms with Crippen LogP contribution in [0.3, 0.4) is 0 Å². The van der Waals surface area contributed by atoms with E-state index >= 15 is 0 Å². The molecule has 0 aliphatic heterocycles. The van der Waals surface area contributed by atoms with Gasteiger partial charge in [-0.2, -0.15) is 0 Å². The number of hydrogen-bond acceptors (Lipinski definition) is 4.